The van der Waals surface area contributed by atoms with E-state index in [-0.39, 0.29) is 5.41 Å². The first-order valence-corrected chi connectivity index (χ1v) is 6.09. The van der Waals surface area contributed by atoms with Crippen LogP contribution in [0.3, 0.4) is 0 Å². The fraction of sp³-hybridized carbons (Fsp3) is 0.750. The number of hydrogen-bond acceptors (Lipinski definition) is 2. The number of nitrogens with zero attached hydrogens (tertiary/aromatic N) is 1. The Labute approximate surface area is 91.6 Å². The van der Waals surface area contributed by atoms with Gasteiger partial charge in [-0.3, -0.25) is 0 Å². The Balaban J connectivity index is 2.94. The molecule has 0 aliphatic rings. The molecule has 2 heteroatoms. The molecule has 0 saturated heterocycles. The summed E-state index contributed by atoms with van der Waals surface area (Å²) in [6.07, 6.45) is 1.11. The third kappa shape index (κ3) is 2.81. The number of hydrogen-bond donors (Lipinski definition) is 0. The molecule has 0 aromatic carbocycles. The molecule has 0 radical (unpaired) electrons. The molecule has 0 bridgehead atoms. The third-order valence-corrected chi connectivity index (χ3v) is 3.71. The van der Waals surface area contributed by atoms with Crippen molar-refractivity contribution in [1.29, 1.82) is 0 Å². The van der Waals surface area contributed by atoms with Crippen LogP contribution in [0.4, 0.5) is 0 Å². The minimum atomic E-state index is 0.247. The second kappa shape index (κ2) is 4.01. The van der Waals surface area contributed by atoms with Gasteiger partial charge in [0.1, 0.15) is 0 Å². The fourth-order valence-corrected chi connectivity index (χ4v) is 2.92. The summed E-state index contributed by atoms with van der Waals surface area (Å²) in [6.45, 7) is 13.4. The highest BCUT2D eigenvalue weighted by atomic mass is 32.1. The first-order chi connectivity index (χ1) is 6.30. The van der Waals surface area contributed by atoms with Crippen LogP contribution in [-0.2, 0) is 11.8 Å². The predicted molar refractivity (Wildman–Crippen MR) is 64.1 cm³/mol. The van der Waals surface area contributed by atoms with Gasteiger partial charge < -0.3 is 0 Å². The highest BCUT2D eigenvalue weighted by molar-refractivity contribution is 7.11. The number of thiazole rings is 1. The Hall–Kier alpha value is -0.370. The van der Waals surface area contributed by atoms with Gasteiger partial charge in [-0.2, -0.15) is 0 Å². The average Bonchev–Trinajstić information content (AvgIpc) is 2.27. The highest BCUT2D eigenvalue weighted by Crippen LogP contribution is 2.31. The monoisotopic (exact) mass is 211 g/mol. The van der Waals surface area contributed by atoms with Gasteiger partial charge in [-0.15, -0.1) is 11.3 Å². The highest BCUT2D eigenvalue weighted by Gasteiger charge is 2.20. The van der Waals surface area contributed by atoms with Gasteiger partial charge in [0.05, 0.1) is 10.7 Å². The van der Waals surface area contributed by atoms with E-state index >= 15 is 0 Å². The standard InChI is InChI=1S/C12H21NS/c1-8(2)7-10-13-9(3)11(14-10)12(4,5)6/h8H,7H2,1-6H3. The quantitative estimate of drug-likeness (QED) is 0.722. The molecular weight excluding hydrogens is 190 g/mol. The molecule has 0 aliphatic carbocycles. The Morgan fingerprint density at radius 1 is 1.29 bits per heavy atom. The maximum Gasteiger partial charge on any atom is 0.0933 e. The van der Waals surface area contributed by atoms with Crippen LogP contribution >= 0.6 is 11.3 Å². The van der Waals surface area contributed by atoms with E-state index in [1.165, 1.54) is 15.6 Å². The molecule has 1 rings (SSSR count). The molecule has 0 aliphatic heterocycles. The van der Waals surface area contributed by atoms with Crippen molar-refractivity contribution in [3.05, 3.63) is 15.6 Å². The first kappa shape index (κ1) is 11.7. The zero-order valence-electron chi connectivity index (χ0n) is 10.1. The van der Waals surface area contributed by atoms with Gasteiger partial charge in [-0.05, 0) is 18.3 Å². The molecule has 1 aromatic heterocycles. The lowest BCUT2D eigenvalue weighted by Crippen LogP contribution is -2.10. The largest absolute Gasteiger partial charge is 0.246 e. The Kier molecular flexibility index (Phi) is 3.36. The molecule has 0 unspecified atom stereocenters. The van der Waals surface area contributed by atoms with Crippen molar-refractivity contribution in [2.45, 2.75) is 53.4 Å². The third-order valence-electron chi connectivity index (χ3n) is 2.10. The summed E-state index contributed by atoms with van der Waals surface area (Å²) >= 11 is 1.88. The SMILES string of the molecule is Cc1nc(CC(C)C)sc1C(C)(C)C. The van der Waals surface area contributed by atoms with Crippen molar-refractivity contribution in [1.82, 2.24) is 4.98 Å². The fourth-order valence-electron chi connectivity index (χ4n) is 1.58. The Morgan fingerprint density at radius 2 is 1.86 bits per heavy atom. The van der Waals surface area contributed by atoms with Gasteiger partial charge in [0.15, 0.2) is 0 Å². The summed E-state index contributed by atoms with van der Waals surface area (Å²) in [5, 5.41) is 1.29. The van der Waals surface area contributed by atoms with Gasteiger partial charge in [-0.1, -0.05) is 34.6 Å². The molecule has 0 spiro atoms. The van der Waals surface area contributed by atoms with Crippen molar-refractivity contribution in [3.63, 3.8) is 0 Å². The normalized spacial score (nSPS) is 12.5. The summed E-state index contributed by atoms with van der Waals surface area (Å²) in [7, 11) is 0. The summed E-state index contributed by atoms with van der Waals surface area (Å²) in [6, 6.07) is 0. The predicted octanol–water partition coefficient (Wildman–Crippen LogP) is 3.95. The van der Waals surface area contributed by atoms with Crippen LogP contribution in [-0.4, -0.2) is 4.98 Å². The van der Waals surface area contributed by atoms with Gasteiger partial charge in [0.25, 0.3) is 0 Å². The van der Waals surface area contributed by atoms with Gasteiger partial charge >= 0.3 is 0 Å². The van der Waals surface area contributed by atoms with E-state index in [9.17, 15) is 0 Å². The topological polar surface area (TPSA) is 12.9 Å². The molecule has 0 saturated carbocycles. The van der Waals surface area contributed by atoms with Crippen molar-refractivity contribution >= 4 is 11.3 Å². The molecule has 0 amide bonds. The van der Waals surface area contributed by atoms with Crippen LogP contribution < -0.4 is 0 Å². The van der Waals surface area contributed by atoms with E-state index < -0.39 is 0 Å². The number of aromatic nitrogens is 1. The zero-order valence-corrected chi connectivity index (χ0v) is 11.0. The molecular formula is C12H21NS. The van der Waals surface area contributed by atoms with Crippen LogP contribution in [0, 0.1) is 12.8 Å². The second-order valence-corrected chi connectivity index (χ2v) is 6.45. The van der Waals surface area contributed by atoms with E-state index in [4.69, 9.17) is 0 Å². The van der Waals surface area contributed by atoms with E-state index in [0.29, 0.717) is 5.92 Å². The lowest BCUT2D eigenvalue weighted by Gasteiger charge is -2.16. The summed E-state index contributed by atoms with van der Waals surface area (Å²) in [5.74, 6) is 0.702. The number of rotatable bonds is 2. The first-order valence-electron chi connectivity index (χ1n) is 5.27. The minimum Gasteiger partial charge on any atom is -0.246 e. The zero-order chi connectivity index (χ0) is 10.9. The van der Waals surface area contributed by atoms with Crippen LogP contribution in [0.2, 0.25) is 0 Å². The molecule has 0 atom stereocenters. The maximum atomic E-state index is 4.64. The van der Waals surface area contributed by atoms with Gasteiger partial charge in [0, 0.05) is 11.3 Å². The van der Waals surface area contributed by atoms with Gasteiger partial charge in [-0.25, -0.2) is 4.98 Å². The smallest absolute Gasteiger partial charge is 0.0933 e. The second-order valence-electron chi connectivity index (χ2n) is 5.37. The van der Waals surface area contributed by atoms with Crippen LogP contribution in [0.15, 0.2) is 0 Å². The Bertz CT molecular complexity index is 305. The molecule has 0 N–H and O–H groups in total. The van der Waals surface area contributed by atoms with E-state index in [1.54, 1.807) is 0 Å². The van der Waals surface area contributed by atoms with Crippen molar-refractivity contribution < 1.29 is 0 Å². The molecule has 0 fully saturated rings. The summed E-state index contributed by atoms with van der Waals surface area (Å²) in [5.41, 5.74) is 1.47. The molecule has 1 nitrogen and oxygen atoms in total. The van der Waals surface area contributed by atoms with Crippen molar-refractivity contribution in [2.24, 2.45) is 5.92 Å². The molecule has 80 valence electrons. The van der Waals surface area contributed by atoms with Crippen LogP contribution in [0.25, 0.3) is 0 Å². The molecule has 14 heavy (non-hydrogen) atoms. The lowest BCUT2D eigenvalue weighted by atomic mass is 9.93. The number of aryl methyl sites for hydroxylation is 1. The van der Waals surface area contributed by atoms with Crippen molar-refractivity contribution in [3.8, 4) is 0 Å². The van der Waals surface area contributed by atoms with Crippen LogP contribution in [0.1, 0.15) is 50.2 Å². The van der Waals surface area contributed by atoms with Crippen molar-refractivity contribution in [2.75, 3.05) is 0 Å². The summed E-state index contributed by atoms with van der Waals surface area (Å²) < 4.78 is 0. The summed E-state index contributed by atoms with van der Waals surface area (Å²) in [4.78, 5) is 6.07. The van der Waals surface area contributed by atoms with Crippen LogP contribution in [0.5, 0.6) is 0 Å². The van der Waals surface area contributed by atoms with Gasteiger partial charge in [0.2, 0.25) is 0 Å². The van der Waals surface area contributed by atoms with E-state index in [0.717, 1.165) is 6.42 Å². The molecule has 1 heterocycles. The maximum absolute atomic E-state index is 4.64. The minimum absolute atomic E-state index is 0.247. The average molecular weight is 211 g/mol. The molecule has 1 aromatic rings. The Morgan fingerprint density at radius 3 is 2.21 bits per heavy atom. The van der Waals surface area contributed by atoms with E-state index in [1.807, 2.05) is 11.3 Å². The lowest BCUT2D eigenvalue weighted by molar-refractivity contribution is 0.598. The van der Waals surface area contributed by atoms with E-state index in [2.05, 4.69) is 46.5 Å².